The minimum absolute atomic E-state index is 0.0443. The lowest BCUT2D eigenvalue weighted by molar-refractivity contribution is -0.157. The van der Waals surface area contributed by atoms with Crippen LogP contribution >= 0.6 is 0 Å². The highest BCUT2D eigenvalue weighted by molar-refractivity contribution is 7.89. The van der Waals surface area contributed by atoms with Gasteiger partial charge in [-0.25, -0.2) is 12.7 Å². The maximum atomic E-state index is 12.4. The van der Waals surface area contributed by atoms with E-state index < -0.39 is 28.0 Å². The van der Waals surface area contributed by atoms with E-state index in [1.165, 1.54) is 11.2 Å². The molecule has 1 unspecified atom stereocenters. The van der Waals surface area contributed by atoms with Gasteiger partial charge in [-0.3, -0.25) is 0 Å². The molecule has 0 spiro atoms. The third-order valence-corrected chi connectivity index (χ3v) is 5.02. The van der Waals surface area contributed by atoms with E-state index in [4.69, 9.17) is 0 Å². The molecule has 114 valence electrons. The van der Waals surface area contributed by atoms with Gasteiger partial charge in [0.05, 0.1) is 11.7 Å². The first-order valence-electron chi connectivity index (χ1n) is 6.12. The van der Waals surface area contributed by atoms with Gasteiger partial charge in [-0.15, -0.1) is 10.2 Å². The van der Waals surface area contributed by atoms with Crippen molar-refractivity contribution in [3.63, 3.8) is 0 Å². The van der Waals surface area contributed by atoms with Crippen LogP contribution in [0.1, 0.15) is 37.5 Å². The zero-order valence-electron chi connectivity index (χ0n) is 10.7. The standard InChI is InChI=1S/C10H14F3N3O3S/c1-2-20(17,18)16-5-3-4-7(6-16)8-14-15-9(19-8)10(11,12)13/h7H,2-6H2,1H3. The second kappa shape index (κ2) is 5.32. The van der Waals surface area contributed by atoms with Crippen LogP contribution in [0.3, 0.4) is 0 Å². The van der Waals surface area contributed by atoms with Gasteiger partial charge in [-0.1, -0.05) is 0 Å². The summed E-state index contributed by atoms with van der Waals surface area (Å²) in [5.74, 6) is -2.10. The van der Waals surface area contributed by atoms with Crippen LogP contribution in [0.5, 0.6) is 0 Å². The smallest absolute Gasteiger partial charge is 0.417 e. The maximum Gasteiger partial charge on any atom is 0.470 e. The van der Waals surface area contributed by atoms with E-state index in [0.29, 0.717) is 19.4 Å². The lowest BCUT2D eigenvalue weighted by atomic mass is 10.00. The highest BCUT2D eigenvalue weighted by atomic mass is 32.2. The zero-order valence-corrected chi connectivity index (χ0v) is 11.5. The number of hydrogen-bond donors (Lipinski definition) is 0. The van der Waals surface area contributed by atoms with Crippen LogP contribution in [-0.4, -0.2) is 41.8 Å². The second-order valence-corrected chi connectivity index (χ2v) is 6.80. The van der Waals surface area contributed by atoms with Gasteiger partial charge < -0.3 is 4.42 Å². The number of nitrogens with zero attached hydrogens (tertiary/aromatic N) is 3. The van der Waals surface area contributed by atoms with Crippen molar-refractivity contribution in [2.45, 2.75) is 31.9 Å². The molecule has 1 fully saturated rings. The molecule has 1 aliphatic rings. The van der Waals surface area contributed by atoms with Crippen LogP contribution in [-0.2, 0) is 16.2 Å². The zero-order chi connectivity index (χ0) is 15.0. The molecule has 0 radical (unpaired) electrons. The molecule has 1 aliphatic heterocycles. The monoisotopic (exact) mass is 313 g/mol. The van der Waals surface area contributed by atoms with Gasteiger partial charge in [0.1, 0.15) is 0 Å². The highest BCUT2D eigenvalue weighted by Crippen LogP contribution is 2.32. The largest absolute Gasteiger partial charge is 0.470 e. The summed E-state index contributed by atoms with van der Waals surface area (Å²) in [5.41, 5.74) is 0. The molecule has 10 heteroatoms. The molecule has 1 aromatic heterocycles. The number of aromatic nitrogens is 2. The minimum atomic E-state index is -4.69. The summed E-state index contributed by atoms with van der Waals surface area (Å²) in [4.78, 5) is 0. The number of piperidine rings is 1. The Labute approximate surface area is 114 Å². The molecule has 0 N–H and O–H groups in total. The normalized spacial score (nSPS) is 22.1. The molecule has 0 aromatic carbocycles. The van der Waals surface area contributed by atoms with E-state index >= 15 is 0 Å². The van der Waals surface area contributed by atoms with Crippen LogP contribution in [0.15, 0.2) is 4.42 Å². The summed E-state index contributed by atoms with van der Waals surface area (Å²) >= 11 is 0. The summed E-state index contributed by atoms with van der Waals surface area (Å²) in [5, 5.41) is 6.35. The van der Waals surface area contributed by atoms with Gasteiger partial charge in [0.2, 0.25) is 15.9 Å². The maximum absolute atomic E-state index is 12.4. The molecule has 0 saturated carbocycles. The first-order valence-corrected chi connectivity index (χ1v) is 7.73. The Kier molecular flexibility index (Phi) is 4.05. The van der Waals surface area contributed by atoms with Crippen molar-refractivity contribution in [2.75, 3.05) is 18.8 Å². The number of alkyl halides is 3. The molecule has 0 bridgehead atoms. The topological polar surface area (TPSA) is 76.3 Å². The fourth-order valence-electron chi connectivity index (χ4n) is 2.09. The van der Waals surface area contributed by atoms with Crippen LogP contribution < -0.4 is 0 Å². The molecule has 6 nitrogen and oxygen atoms in total. The molecule has 2 heterocycles. The van der Waals surface area contributed by atoms with Crippen LogP contribution in [0, 0.1) is 0 Å². The number of rotatable bonds is 3. The van der Waals surface area contributed by atoms with E-state index in [2.05, 4.69) is 14.6 Å². The van der Waals surface area contributed by atoms with Gasteiger partial charge in [0.25, 0.3) is 0 Å². The predicted octanol–water partition coefficient (Wildman–Crippen LogP) is 1.62. The van der Waals surface area contributed by atoms with Gasteiger partial charge in [0, 0.05) is 13.1 Å². The van der Waals surface area contributed by atoms with E-state index in [9.17, 15) is 21.6 Å². The summed E-state index contributed by atoms with van der Waals surface area (Å²) in [7, 11) is -3.36. The van der Waals surface area contributed by atoms with Crippen molar-refractivity contribution < 1.29 is 26.0 Å². The molecule has 1 aromatic rings. The second-order valence-electron chi connectivity index (χ2n) is 4.54. The Balaban J connectivity index is 2.15. The quantitative estimate of drug-likeness (QED) is 0.847. The summed E-state index contributed by atoms with van der Waals surface area (Å²) < 4.78 is 66.6. The number of halogens is 3. The minimum Gasteiger partial charge on any atom is -0.417 e. The molecular weight excluding hydrogens is 299 g/mol. The summed E-state index contributed by atoms with van der Waals surface area (Å²) in [6, 6.07) is 0. The van der Waals surface area contributed by atoms with Gasteiger partial charge in [0.15, 0.2) is 0 Å². The molecule has 20 heavy (non-hydrogen) atoms. The van der Waals surface area contributed by atoms with Gasteiger partial charge in [-0.05, 0) is 19.8 Å². The molecular formula is C10H14F3N3O3S. The molecule has 0 amide bonds. The van der Waals surface area contributed by atoms with Crippen molar-refractivity contribution in [3.8, 4) is 0 Å². The van der Waals surface area contributed by atoms with Crippen molar-refractivity contribution in [3.05, 3.63) is 11.8 Å². The highest BCUT2D eigenvalue weighted by Gasteiger charge is 2.39. The predicted molar refractivity (Wildman–Crippen MR) is 62.3 cm³/mol. The van der Waals surface area contributed by atoms with Crippen LogP contribution in [0.4, 0.5) is 13.2 Å². The number of hydrogen-bond acceptors (Lipinski definition) is 5. The third kappa shape index (κ3) is 3.11. The Hall–Kier alpha value is -1.16. The first kappa shape index (κ1) is 15.2. The van der Waals surface area contributed by atoms with E-state index in [0.717, 1.165) is 0 Å². The van der Waals surface area contributed by atoms with Crippen LogP contribution in [0.25, 0.3) is 0 Å². The fraction of sp³-hybridized carbons (Fsp3) is 0.800. The average molecular weight is 313 g/mol. The first-order chi connectivity index (χ1) is 9.24. The van der Waals surface area contributed by atoms with Crippen LogP contribution in [0.2, 0.25) is 0 Å². The summed E-state index contributed by atoms with van der Waals surface area (Å²) in [6.45, 7) is 1.97. The van der Waals surface area contributed by atoms with Gasteiger partial charge in [-0.2, -0.15) is 13.2 Å². The molecule has 2 rings (SSSR count). The van der Waals surface area contributed by atoms with Crippen molar-refractivity contribution >= 4 is 10.0 Å². The molecule has 0 aliphatic carbocycles. The summed E-state index contributed by atoms with van der Waals surface area (Å²) in [6.07, 6.45) is -3.61. The SMILES string of the molecule is CCS(=O)(=O)N1CCCC(c2nnc(C(F)(F)F)o2)C1. The van der Waals surface area contributed by atoms with E-state index in [1.807, 2.05) is 0 Å². The fourth-order valence-corrected chi connectivity index (χ4v) is 3.27. The lowest BCUT2D eigenvalue weighted by Gasteiger charge is -2.29. The Bertz CT molecular complexity index is 570. The third-order valence-electron chi connectivity index (χ3n) is 3.17. The van der Waals surface area contributed by atoms with Crippen molar-refractivity contribution in [1.82, 2.24) is 14.5 Å². The van der Waals surface area contributed by atoms with E-state index in [-0.39, 0.29) is 18.2 Å². The Morgan fingerprint density at radius 1 is 1.40 bits per heavy atom. The lowest BCUT2D eigenvalue weighted by Crippen LogP contribution is -2.39. The Morgan fingerprint density at radius 2 is 2.10 bits per heavy atom. The van der Waals surface area contributed by atoms with E-state index in [1.54, 1.807) is 0 Å². The van der Waals surface area contributed by atoms with Crippen molar-refractivity contribution in [1.29, 1.82) is 0 Å². The van der Waals surface area contributed by atoms with Crippen molar-refractivity contribution in [2.24, 2.45) is 0 Å². The number of sulfonamides is 1. The average Bonchev–Trinajstić information content (AvgIpc) is 2.88. The Morgan fingerprint density at radius 3 is 2.65 bits per heavy atom. The molecule has 1 atom stereocenters. The van der Waals surface area contributed by atoms with Gasteiger partial charge >= 0.3 is 12.1 Å². The molecule has 1 saturated heterocycles.